The molecule has 0 bridgehead atoms. The van der Waals surface area contributed by atoms with E-state index in [9.17, 15) is 15.0 Å². The van der Waals surface area contributed by atoms with Gasteiger partial charge in [-0.1, -0.05) is 12.2 Å². The average molecular weight is 285 g/mol. The van der Waals surface area contributed by atoms with Crippen LogP contribution in [0.15, 0.2) is 12.2 Å². The smallest absolute Gasteiger partial charge is 0.306 e. The van der Waals surface area contributed by atoms with Gasteiger partial charge in [0.15, 0.2) is 0 Å². The molecule has 1 aliphatic carbocycles. The van der Waals surface area contributed by atoms with Crippen LogP contribution in [-0.4, -0.2) is 40.5 Å². The highest BCUT2D eigenvalue weighted by Crippen LogP contribution is 2.29. The minimum Gasteiger partial charge on any atom is -0.463 e. The molecule has 0 aromatic heterocycles. The summed E-state index contributed by atoms with van der Waals surface area (Å²) >= 11 is 0. The Hall–Kier alpha value is -0.910. The molecule has 0 heterocycles. The lowest BCUT2D eigenvalue weighted by Crippen LogP contribution is -2.36. The first kappa shape index (κ1) is 17.1. The van der Waals surface area contributed by atoms with Gasteiger partial charge in [0, 0.05) is 24.8 Å². The molecule has 0 radical (unpaired) electrons. The molecule has 20 heavy (non-hydrogen) atoms. The van der Waals surface area contributed by atoms with E-state index in [4.69, 9.17) is 10.5 Å². The van der Waals surface area contributed by atoms with Crippen molar-refractivity contribution in [1.29, 1.82) is 0 Å². The number of allylic oxidation sites excluding steroid dienone is 2. The number of aliphatic hydroxyl groups excluding tert-OH is 2. The molecule has 4 atom stereocenters. The zero-order valence-electron chi connectivity index (χ0n) is 12.4. The number of nitrogens with two attached hydrogens (primary N) is 1. The maximum Gasteiger partial charge on any atom is 0.306 e. The third-order valence-corrected chi connectivity index (χ3v) is 3.63. The Morgan fingerprint density at radius 2 is 1.95 bits per heavy atom. The van der Waals surface area contributed by atoms with Gasteiger partial charge in [-0.05, 0) is 33.1 Å². The van der Waals surface area contributed by atoms with Crippen molar-refractivity contribution in [2.45, 2.75) is 70.3 Å². The van der Waals surface area contributed by atoms with Gasteiger partial charge in [0.1, 0.15) is 0 Å². The Labute approximate surface area is 120 Å². The first-order chi connectivity index (χ1) is 9.41. The van der Waals surface area contributed by atoms with Crippen LogP contribution < -0.4 is 5.73 Å². The minimum absolute atomic E-state index is 0.0412. The summed E-state index contributed by atoms with van der Waals surface area (Å²) in [7, 11) is 0. The molecular formula is C15H27NO4. The van der Waals surface area contributed by atoms with Crippen molar-refractivity contribution in [2.24, 2.45) is 11.7 Å². The van der Waals surface area contributed by atoms with Gasteiger partial charge in [-0.2, -0.15) is 0 Å². The molecule has 0 amide bonds. The van der Waals surface area contributed by atoms with E-state index in [2.05, 4.69) is 0 Å². The van der Waals surface area contributed by atoms with Gasteiger partial charge in [0.25, 0.3) is 0 Å². The molecule has 0 aromatic rings. The predicted molar refractivity (Wildman–Crippen MR) is 76.9 cm³/mol. The lowest BCUT2D eigenvalue weighted by Gasteiger charge is -2.18. The second-order valence-electron chi connectivity index (χ2n) is 5.74. The Morgan fingerprint density at radius 3 is 2.50 bits per heavy atom. The number of ether oxygens (including phenoxy) is 1. The molecule has 0 unspecified atom stereocenters. The van der Waals surface area contributed by atoms with E-state index in [1.807, 2.05) is 26.0 Å². The summed E-state index contributed by atoms with van der Waals surface area (Å²) in [6.07, 6.45) is 5.75. The van der Waals surface area contributed by atoms with Crippen LogP contribution >= 0.6 is 0 Å². The summed E-state index contributed by atoms with van der Waals surface area (Å²) in [4.78, 5) is 11.3. The van der Waals surface area contributed by atoms with Gasteiger partial charge in [-0.15, -0.1) is 0 Å². The Balaban J connectivity index is 2.15. The standard InChI is InChI=1S/C15H27NO4/c1-10(2)20-14(19)8-6-4-3-5-7-11-12(17)9-13(18)15(11)16/h3-4,10-13,15,17-18H,5-9,16H2,1-2H3/b4-3-/t11-,12-,13+,15+/m0/s1. The number of carbonyl (C=O) groups excluding carboxylic acids is 1. The molecule has 1 rings (SSSR count). The number of hydrogen-bond donors (Lipinski definition) is 3. The fourth-order valence-electron chi connectivity index (χ4n) is 2.55. The molecule has 4 N–H and O–H groups in total. The SMILES string of the molecule is CC(C)OC(=O)CC/C=C\CC[C@@H]1[C@@H](N)[C@H](O)C[C@@H]1O. The van der Waals surface area contributed by atoms with Crippen molar-refractivity contribution in [3.05, 3.63) is 12.2 Å². The minimum atomic E-state index is -0.593. The van der Waals surface area contributed by atoms with Crippen LogP contribution in [0.25, 0.3) is 0 Å². The fraction of sp³-hybridized carbons (Fsp3) is 0.800. The average Bonchev–Trinajstić information content (AvgIpc) is 2.58. The highest BCUT2D eigenvalue weighted by molar-refractivity contribution is 5.69. The molecule has 116 valence electrons. The van der Waals surface area contributed by atoms with E-state index in [-0.39, 0.29) is 24.0 Å². The van der Waals surface area contributed by atoms with Crippen molar-refractivity contribution >= 4 is 5.97 Å². The van der Waals surface area contributed by atoms with Gasteiger partial charge in [0.2, 0.25) is 0 Å². The van der Waals surface area contributed by atoms with Gasteiger partial charge in [0.05, 0.1) is 18.3 Å². The first-order valence-corrected chi connectivity index (χ1v) is 7.38. The Kier molecular flexibility index (Phi) is 7.19. The molecule has 1 saturated carbocycles. The quantitative estimate of drug-likeness (QED) is 0.481. The third kappa shape index (κ3) is 5.61. The van der Waals surface area contributed by atoms with Crippen LogP contribution in [0.3, 0.4) is 0 Å². The molecule has 1 fully saturated rings. The van der Waals surface area contributed by atoms with E-state index in [1.54, 1.807) is 0 Å². The van der Waals surface area contributed by atoms with Crippen LogP contribution in [0.2, 0.25) is 0 Å². The summed E-state index contributed by atoms with van der Waals surface area (Å²) < 4.78 is 5.03. The van der Waals surface area contributed by atoms with E-state index in [0.717, 1.165) is 12.8 Å². The predicted octanol–water partition coefficient (Wildman–Crippen LogP) is 1.12. The first-order valence-electron chi connectivity index (χ1n) is 7.38. The van der Waals surface area contributed by atoms with Crippen molar-refractivity contribution in [3.8, 4) is 0 Å². The monoisotopic (exact) mass is 285 g/mol. The van der Waals surface area contributed by atoms with E-state index < -0.39 is 12.2 Å². The lowest BCUT2D eigenvalue weighted by molar-refractivity contribution is -0.147. The molecule has 5 heteroatoms. The topological polar surface area (TPSA) is 92.8 Å². The largest absolute Gasteiger partial charge is 0.463 e. The van der Waals surface area contributed by atoms with Crippen molar-refractivity contribution in [2.75, 3.05) is 0 Å². The van der Waals surface area contributed by atoms with Crippen molar-refractivity contribution in [1.82, 2.24) is 0 Å². The van der Waals surface area contributed by atoms with Crippen LogP contribution in [0.1, 0.15) is 46.0 Å². The van der Waals surface area contributed by atoms with Gasteiger partial charge >= 0.3 is 5.97 Å². The maximum absolute atomic E-state index is 11.3. The molecule has 1 aliphatic rings. The Morgan fingerprint density at radius 1 is 1.30 bits per heavy atom. The highest BCUT2D eigenvalue weighted by atomic mass is 16.5. The van der Waals surface area contributed by atoms with Crippen molar-refractivity contribution in [3.63, 3.8) is 0 Å². The van der Waals surface area contributed by atoms with Crippen molar-refractivity contribution < 1.29 is 19.7 Å². The molecule has 0 aromatic carbocycles. The number of rotatable bonds is 7. The number of carbonyl (C=O) groups is 1. The molecule has 0 aliphatic heterocycles. The second-order valence-corrected chi connectivity index (χ2v) is 5.74. The second kappa shape index (κ2) is 8.39. The molecular weight excluding hydrogens is 258 g/mol. The van der Waals surface area contributed by atoms with Crippen LogP contribution in [0.5, 0.6) is 0 Å². The zero-order valence-corrected chi connectivity index (χ0v) is 12.4. The summed E-state index contributed by atoms with van der Waals surface area (Å²) in [6.45, 7) is 3.66. The summed E-state index contributed by atoms with van der Waals surface area (Å²) in [5.41, 5.74) is 5.84. The lowest BCUT2D eigenvalue weighted by atomic mass is 9.96. The fourth-order valence-corrected chi connectivity index (χ4v) is 2.55. The van der Waals surface area contributed by atoms with Gasteiger partial charge in [-0.25, -0.2) is 0 Å². The van der Waals surface area contributed by atoms with Gasteiger partial charge in [-0.3, -0.25) is 4.79 Å². The zero-order chi connectivity index (χ0) is 15.1. The Bertz CT molecular complexity index is 330. The summed E-state index contributed by atoms with van der Waals surface area (Å²) in [5.74, 6) is -0.221. The summed E-state index contributed by atoms with van der Waals surface area (Å²) in [5, 5.41) is 19.3. The maximum atomic E-state index is 11.3. The van der Waals surface area contributed by atoms with Crippen LogP contribution in [0, 0.1) is 5.92 Å². The van der Waals surface area contributed by atoms with Gasteiger partial charge < -0.3 is 20.7 Å². The normalized spacial score (nSPS) is 30.3. The third-order valence-electron chi connectivity index (χ3n) is 3.63. The van der Waals surface area contributed by atoms with E-state index >= 15 is 0 Å². The van der Waals surface area contributed by atoms with Crippen LogP contribution in [0.4, 0.5) is 0 Å². The molecule has 5 nitrogen and oxygen atoms in total. The van der Waals surface area contributed by atoms with E-state index in [0.29, 0.717) is 19.3 Å². The van der Waals surface area contributed by atoms with E-state index in [1.165, 1.54) is 0 Å². The van der Waals surface area contributed by atoms with Crippen LogP contribution in [-0.2, 0) is 9.53 Å². The highest BCUT2D eigenvalue weighted by Gasteiger charge is 2.38. The summed E-state index contributed by atoms with van der Waals surface area (Å²) in [6, 6.07) is -0.334. The number of esters is 1. The molecule has 0 spiro atoms. The number of hydrogen-bond acceptors (Lipinski definition) is 5. The molecule has 0 saturated heterocycles. The number of aliphatic hydroxyl groups is 2.